The van der Waals surface area contributed by atoms with Crippen molar-refractivity contribution in [2.24, 2.45) is 0 Å². The van der Waals surface area contributed by atoms with Crippen LogP contribution in [0.2, 0.25) is 0 Å². The van der Waals surface area contributed by atoms with Crippen molar-refractivity contribution in [3.05, 3.63) is 0 Å². The fourth-order valence-corrected chi connectivity index (χ4v) is 11.9. The summed E-state index contributed by atoms with van der Waals surface area (Å²) in [5, 5.41) is 0. The summed E-state index contributed by atoms with van der Waals surface area (Å²) < 4.78 is 0. The van der Waals surface area contributed by atoms with Gasteiger partial charge in [-0.2, -0.15) is 0 Å². The Morgan fingerprint density at radius 1 is 0.105 bits per heavy atom. The molecule has 0 saturated heterocycles. The van der Waals surface area contributed by atoms with Crippen molar-refractivity contribution in [1.29, 1.82) is 0 Å². The summed E-state index contributed by atoms with van der Waals surface area (Å²) in [7, 11) is 0. The van der Waals surface area contributed by atoms with E-state index in [1.165, 1.54) is 413 Å². The van der Waals surface area contributed by atoms with Crippen LogP contribution in [-0.4, -0.2) is 123 Å². The maximum Gasteiger partial charge on any atom is 0.0110 e. The maximum atomic E-state index is 2.98. The van der Waals surface area contributed by atoms with E-state index in [0.717, 1.165) is 0 Å². The molecule has 0 heterocycles. The molecule has 0 rings (SSSR count). The Hall–Kier alpha value is -0.200. The molecule has 0 aromatic heterocycles. The van der Waals surface area contributed by atoms with Crippen molar-refractivity contribution >= 4 is 0 Å². The van der Waals surface area contributed by atoms with Gasteiger partial charge in [-0.1, -0.05) is 318 Å². The Morgan fingerprint density at radius 2 is 0.197 bits per heavy atom. The summed E-state index contributed by atoms with van der Waals surface area (Å²) in [6.45, 7) is 35.8. The molecule has 0 fully saturated rings. The van der Waals surface area contributed by atoms with Crippen molar-refractivity contribution in [1.82, 2.24) is 24.5 Å². The van der Waals surface area contributed by atoms with E-state index < -0.39 is 0 Å². The standard InChI is InChI=1S/C71H149N5/c1-8-15-22-29-36-43-50-57-72(58-51-44-37-30-23-16-9-2)64-66-74(61-54-47-40-33-26-19-12-5)68-70-76(63-56-49-42-35-28-21-14-7)71-69-75(62-55-48-41-34-27-20-13-6)67-65-73(59-52-45-38-31-24-17-10-3)60-53-46-39-32-25-18-11-4/h8-71H2,1-7H3. The van der Waals surface area contributed by atoms with Gasteiger partial charge in [0.15, 0.2) is 0 Å². The molecule has 5 nitrogen and oxygen atoms in total. The van der Waals surface area contributed by atoms with E-state index in [9.17, 15) is 0 Å². The minimum atomic E-state index is 1.26. The second-order valence-electron chi connectivity index (χ2n) is 25.1. The van der Waals surface area contributed by atoms with E-state index in [4.69, 9.17) is 0 Å². The highest BCUT2D eigenvalue weighted by atomic mass is 15.2. The van der Waals surface area contributed by atoms with Crippen LogP contribution in [0.5, 0.6) is 0 Å². The van der Waals surface area contributed by atoms with Gasteiger partial charge in [-0.3, -0.25) is 0 Å². The maximum absolute atomic E-state index is 2.98. The highest BCUT2D eigenvalue weighted by molar-refractivity contribution is 4.72. The normalized spacial score (nSPS) is 12.2. The predicted molar refractivity (Wildman–Crippen MR) is 348 cm³/mol. The lowest BCUT2D eigenvalue weighted by Crippen LogP contribution is -2.44. The molecule has 0 spiro atoms. The number of nitrogens with zero attached hydrogens (tertiary/aromatic N) is 5. The van der Waals surface area contributed by atoms with Crippen molar-refractivity contribution < 1.29 is 0 Å². The third kappa shape index (κ3) is 57.1. The van der Waals surface area contributed by atoms with Crippen LogP contribution in [-0.2, 0) is 0 Å². The first kappa shape index (κ1) is 75.8. The quantitative estimate of drug-likeness (QED) is 0.0563. The molecule has 0 unspecified atom stereocenters. The highest BCUT2D eigenvalue weighted by Crippen LogP contribution is 2.16. The second-order valence-corrected chi connectivity index (χ2v) is 25.1. The molecule has 0 aliphatic carbocycles. The SMILES string of the molecule is CCCCCCCCCN(CCCCCCCCC)CCN(CCCCCCCCC)CCN(CCCCCCCCC)CCN(CCCCCCCCC)CCN(CCCCCCCCC)CCCCCCCCC. The van der Waals surface area contributed by atoms with E-state index in [2.05, 4.69) is 73.0 Å². The molecule has 0 aromatic carbocycles. The monoisotopic (exact) mass is 1070 g/mol. The highest BCUT2D eigenvalue weighted by Gasteiger charge is 2.16. The van der Waals surface area contributed by atoms with Crippen LogP contribution in [0.25, 0.3) is 0 Å². The van der Waals surface area contributed by atoms with E-state index in [1.807, 2.05) is 0 Å². The smallest absolute Gasteiger partial charge is 0.0110 e. The molecular formula is C71H149N5. The third-order valence-corrected chi connectivity index (χ3v) is 17.5. The van der Waals surface area contributed by atoms with Gasteiger partial charge in [0.05, 0.1) is 0 Å². The van der Waals surface area contributed by atoms with Gasteiger partial charge in [-0.15, -0.1) is 0 Å². The lowest BCUT2D eigenvalue weighted by atomic mass is 10.1. The zero-order valence-corrected chi connectivity index (χ0v) is 54.5. The van der Waals surface area contributed by atoms with Crippen molar-refractivity contribution in [3.63, 3.8) is 0 Å². The van der Waals surface area contributed by atoms with E-state index in [-0.39, 0.29) is 0 Å². The molecular weight excluding hydrogens is 923 g/mol. The van der Waals surface area contributed by atoms with Crippen LogP contribution in [0.3, 0.4) is 0 Å². The summed E-state index contributed by atoms with van der Waals surface area (Å²) in [6, 6.07) is 0. The van der Waals surface area contributed by atoms with Crippen LogP contribution in [0.15, 0.2) is 0 Å². The fraction of sp³-hybridized carbons (Fsp3) is 1.00. The Labute approximate surface area is 483 Å². The van der Waals surface area contributed by atoms with Gasteiger partial charge >= 0.3 is 0 Å². The topological polar surface area (TPSA) is 16.2 Å². The average Bonchev–Trinajstić information content (AvgIpc) is 3.43. The van der Waals surface area contributed by atoms with Gasteiger partial charge < -0.3 is 24.5 Å². The van der Waals surface area contributed by atoms with Crippen molar-refractivity contribution in [3.8, 4) is 0 Å². The first-order chi connectivity index (χ1) is 37.6. The summed E-state index contributed by atoms with van der Waals surface area (Å²) in [4.78, 5) is 14.8. The van der Waals surface area contributed by atoms with E-state index in [1.54, 1.807) is 0 Å². The summed E-state index contributed by atoms with van der Waals surface area (Å²) in [6.07, 6.45) is 69.4. The predicted octanol–water partition coefficient (Wildman–Crippen LogP) is 21.8. The molecule has 0 aliphatic heterocycles. The number of hydrogen-bond acceptors (Lipinski definition) is 5. The second kappa shape index (κ2) is 65.6. The minimum absolute atomic E-state index is 1.26. The molecule has 0 atom stereocenters. The van der Waals surface area contributed by atoms with Gasteiger partial charge in [0, 0.05) is 52.4 Å². The van der Waals surface area contributed by atoms with Crippen LogP contribution in [0, 0.1) is 0 Å². The average molecular weight is 1070 g/mol. The van der Waals surface area contributed by atoms with Gasteiger partial charge in [0.1, 0.15) is 0 Å². The molecule has 0 radical (unpaired) electrons. The molecule has 76 heavy (non-hydrogen) atoms. The van der Waals surface area contributed by atoms with Gasteiger partial charge in [-0.25, -0.2) is 0 Å². The Morgan fingerprint density at radius 3 is 0.316 bits per heavy atom. The van der Waals surface area contributed by atoms with Gasteiger partial charge in [-0.05, 0) is 90.8 Å². The Kier molecular flexibility index (Phi) is 65.4. The third-order valence-electron chi connectivity index (χ3n) is 17.5. The summed E-state index contributed by atoms with van der Waals surface area (Å²) >= 11 is 0. The largest absolute Gasteiger partial charge is 0.302 e. The zero-order valence-electron chi connectivity index (χ0n) is 54.5. The lowest BCUT2D eigenvalue weighted by Gasteiger charge is -2.32. The number of hydrogen-bond donors (Lipinski definition) is 0. The molecule has 458 valence electrons. The van der Waals surface area contributed by atoms with Gasteiger partial charge in [0.25, 0.3) is 0 Å². The molecule has 0 aliphatic rings. The van der Waals surface area contributed by atoms with Crippen molar-refractivity contribution in [2.75, 3.05) is 98.2 Å². The summed E-state index contributed by atoms with van der Waals surface area (Å²) in [5.41, 5.74) is 0. The zero-order chi connectivity index (χ0) is 55.1. The van der Waals surface area contributed by atoms with Crippen LogP contribution >= 0.6 is 0 Å². The first-order valence-corrected chi connectivity index (χ1v) is 36.2. The number of unbranched alkanes of at least 4 members (excludes halogenated alkanes) is 42. The summed E-state index contributed by atoms with van der Waals surface area (Å²) in [5.74, 6) is 0. The Balaban J connectivity index is 6.20. The molecule has 0 N–H and O–H groups in total. The van der Waals surface area contributed by atoms with E-state index in [0.29, 0.717) is 0 Å². The minimum Gasteiger partial charge on any atom is -0.302 e. The fourth-order valence-electron chi connectivity index (χ4n) is 11.9. The molecule has 0 saturated carbocycles. The van der Waals surface area contributed by atoms with Crippen molar-refractivity contribution in [2.45, 2.75) is 363 Å². The van der Waals surface area contributed by atoms with Crippen LogP contribution < -0.4 is 0 Å². The van der Waals surface area contributed by atoms with E-state index >= 15 is 0 Å². The molecule has 5 heteroatoms. The van der Waals surface area contributed by atoms with Gasteiger partial charge in [0.2, 0.25) is 0 Å². The molecule has 0 amide bonds. The molecule has 0 bridgehead atoms. The first-order valence-electron chi connectivity index (χ1n) is 36.2. The lowest BCUT2D eigenvalue weighted by molar-refractivity contribution is 0.147. The van der Waals surface area contributed by atoms with Crippen LogP contribution in [0.1, 0.15) is 363 Å². The molecule has 0 aromatic rings. The van der Waals surface area contributed by atoms with Crippen LogP contribution in [0.4, 0.5) is 0 Å². The Bertz CT molecular complexity index is 917. The number of rotatable bonds is 68.